The quantitative estimate of drug-likeness (QED) is 0.414. The zero-order chi connectivity index (χ0) is 20.3. The second kappa shape index (κ2) is 8.38. The Hall–Kier alpha value is -2.95. The number of carbonyl (C=O) groups excluding carboxylic acids is 1. The van der Waals surface area contributed by atoms with Gasteiger partial charge in [0.25, 0.3) is 0 Å². The predicted molar refractivity (Wildman–Crippen MR) is 104 cm³/mol. The fourth-order valence-corrected chi connectivity index (χ4v) is 3.97. The number of carbonyl (C=O) groups is 1. The molecule has 28 heavy (non-hydrogen) atoms. The highest BCUT2D eigenvalue weighted by Crippen LogP contribution is 2.42. The van der Waals surface area contributed by atoms with Gasteiger partial charge >= 0.3 is 5.97 Å². The summed E-state index contributed by atoms with van der Waals surface area (Å²) in [5, 5.41) is 20.3. The number of nitrogens with one attached hydrogen (secondary N) is 1. The zero-order valence-electron chi connectivity index (χ0n) is 14.5. The van der Waals surface area contributed by atoms with Gasteiger partial charge in [0, 0.05) is 28.3 Å². The number of rotatable bonds is 6. The molecular weight excluding hydrogens is 404 g/mol. The van der Waals surface area contributed by atoms with E-state index in [9.17, 15) is 23.8 Å². The number of anilines is 1. The number of hydrogen-bond acceptors (Lipinski definition) is 7. The summed E-state index contributed by atoms with van der Waals surface area (Å²) in [6.45, 7) is 0. The number of methoxy groups -OCH3 is 1. The summed E-state index contributed by atoms with van der Waals surface area (Å²) in [7, 11) is 1.19. The highest BCUT2D eigenvalue weighted by atomic mass is 32.2. The molecule has 1 unspecified atom stereocenters. The van der Waals surface area contributed by atoms with Crippen LogP contribution in [0.5, 0.6) is 11.8 Å². The number of esters is 1. The van der Waals surface area contributed by atoms with Gasteiger partial charge in [-0.15, -0.1) is 0 Å². The molecule has 0 bridgehead atoms. The van der Waals surface area contributed by atoms with Crippen molar-refractivity contribution in [1.29, 1.82) is 0 Å². The van der Waals surface area contributed by atoms with E-state index in [0.717, 1.165) is 9.46 Å². The first-order valence-electron chi connectivity index (χ1n) is 7.86. The summed E-state index contributed by atoms with van der Waals surface area (Å²) in [5.74, 6) is -1.28. The van der Waals surface area contributed by atoms with Gasteiger partial charge < -0.3 is 24.2 Å². The van der Waals surface area contributed by atoms with Gasteiger partial charge in [-0.25, -0.2) is 4.79 Å². The third-order valence-corrected chi connectivity index (χ3v) is 5.26. The second-order valence-corrected chi connectivity index (χ2v) is 7.26. The third kappa shape index (κ3) is 4.14. The van der Waals surface area contributed by atoms with Gasteiger partial charge in [-0.3, -0.25) is 8.78 Å². The van der Waals surface area contributed by atoms with Crippen LogP contribution in [0.2, 0.25) is 0 Å². The van der Waals surface area contributed by atoms with E-state index in [0.29, 0.717) is 4.90 Å². The maximum Gasteiger partial charge on any atom is 0.338 e. The first kappa shape index (κ1) is 19.8. The smallest absolute Gasteiger partial charge is 0.338 e. The van der Waals surface area contributed by atoms with Crippen LogP contribution in [0.3, 0.4) is 0 Å². The number of hydrogen-bond donors (Lipinski definition) is 3. The minimum Gasteiger partial charge on any atom is -0.755 e. The molecule has 0 aliphatic rings. The Morgan fingerprint density at radius 3 is 2.36 bits per heavy atom. The molecule has 0 saturated heterocycles. The number of nitrogens with zero attached hydrogens (tertiary/aromatic N) is 1. The Balaban J connectivity index is 2.28. The summed E-state index contributed by atoms with van der Waals surface area (Å²) in [5.41, 5.74) is 0.327. The molecule has 146 valence electrons. The van der Waals surface area contributed by atoms with Gasteiger partial charge in [-0.05, 0) is 24.3 Å². The van der Waals surface area contributed by atoms with Crippen LogP contribution >= 0.6 is 11.8 Å². The minimum atomic E-state index is -2.67. The number of aromatic hydroxyl groups is 2. The normalized spacial score (nSPS) is 11.8. The maximum absolute atomic E-state index is 12.1. The van der Waals surface area contributed by atoms with E-state index in [-0.39, 0.29) is 28.7 Å². The van der Waals surface area contributed by atoms with E-state index in [1.54, 1.807) is 0 Å². The standard InChI is InChI=1S/C18H16N2O6S2/c1-26-18(23)11-9-13(19-28(24)25)17(27-12-5-3-2-4-6-12)14(10-11)20-15(21)7-8-16(20)22/h2-10,19,21-22H,1H3,(H,24,25)/p-1. The summed E-state index contributed by atoms with van der Waals surface area (Å²) in [6.07, 6.45) is 0. The number of ether oxygens (including phenoxy) is 1. The Bertz CT molecular complexity index is 1020. The molecule has 0 spiro atoms. The molecule has 0 radical (unpaired) electrons. The minimum absolute atomic E-state index is 0.0374. The first-order chi connectivity index (χ1) is 13.4. The lowest BCUT2D eigenvalue weighted by atomic mass is 10.1. The molecule has 1 aromatic heterocycles. The van der Waals surface area contributed by atoms with Crippen molar-refractivity contribution in [2.24, 2.45) is 0 Å². The van der Waals surface area contributed by atoms with E-state index in [4.69, 9.17) is 4.74 Å². The molecule has 2 aromatic carbocycles. The molecule has 0 fully saturated rings. The fourth-order valence-electron chi connectivity index (χ4n) is 2.56. The lowest BCUT2D eigenvalue weighted by Crippen LogP contribution is -2.10. The number of aromatic nitrogens is 1. The molecular formula is C18H15N2O6S2-. The van der Waals surface area contributed by atoms with Gasteiger partial charge in [0.05, 0.1) is 28.9 Å². The monoisotopic (exact) mass is 419 g/mol. The van der Waals surface area contributed by atoms with Crippen LogP contribution in [-0.4, -0.2) is 36.6 Å². The summed E-state index contributed by atoms with van der Waals surface area (Å²) < 4.78 is 30.7. The van der Waals surface area contributed by atoms with E-state index in [1.807, 2.05) is 30.3 Å². The number of benzene rings is 2. The molecule has 0 amide bonds. The highest BCUT2D eigenvalue weighted by Gasteiger charge is 2.21. The zero-order valence-corrected chi connectivity index (χ0v) is 16.1. The molecule has 1 heterocycles. The Morgan fingerprint density at radius 2 is 1.79 bits per heavy atom. The third-order valence-electron chi connectivity index (χ3n) is 3.73. The van der Waals surface area contributed by atoms with E-state index >= 15 is 0 Å². The first-order valence-corrected chi connectivity index (χ1v) is 9.75. The molecule has 3 rings (SSSR count). The second-order valence-electron chi connectivity index (χ2n) is 5.50. The topological polar surface area (TPSA) is 124 Å². The van der Waals surface area contributed by atoms with E-state index in [1.165, 1.54) is 43.1 Å². The van der Waals surface area contributed by atoms with Crippen molar-refractivity contribution in [3.63, 3.8) is 0 Å². The molecule has 8 nitrogen and oxygen atoms in total. The highest BCUT2D eigenvalue weighted by molar-refractivity contribution is 7.99. The van der Waals surface area contributed by atoms with Crippen LogP contribution < -0.4 is 4.72 Å². The molecule has 3 N–H and O–H groups in total. The van der Waals surface area contributed by atoms with Crippen molar-refractivity contribution in [2.45, 2.75) is 9.79 Å². The van der Waals surface area contributed by atoms with Crippen LogP contribution in [0.1, 0.15) is 10.4 Å². The van der Waals surface area contributed by atoms with Gasteiger partial charge in [-0.2, -0.15) is 0 Å². The van der Waals surface area contributed by atoms with Crippen LogP contribution in [0.15, 0.2) is 64.4 Å². The molecule has 3 aromatic rings. The Kier molecular flexibility index (Phi) is 5.93. The van der Waals surface area contributed by atoms with Gasteiger partial charge in [0.15, 0.2) is 11.8 Å². The van der Waals surface area contributed by atoms with Crippen LogP contribution in [-0.2, 0) is 16.0 Å². The van der Waals surface area contributed by atoms with Crippen molar-refractivity contribution >= 4 is 34.7 Å². The molecule has 0 aliphatic heterocycles. The van der Waals surface area contributed by atoms with Crippen LogP contribution in [0.4, 0.5) is 5.69 Å². The van der Waals surface area contributed by atoms with Gasteiger partial charge in [0.1, 0.15) is 0 Å². The molecule has 1 atom stereocenters. The summed E-state index contributed by atoms with van der Waals surface area (Å²) >= 11 is -1.48. The molecule has 10 heteroatoms. The summed E-state index contributed by atoms with van der Waals surface area (Å²) in [4.78, 5) is 13.2. The van der Waals surface area contributed by atoms with Gasteiger partial charge in [-0.1, -0.05) is 30.0 Å². The van der Waals surface area contributed by atoms with Crippen molar-refractivity contribution in [3.8, 4) is 17.4 Å². The fraction of sp³-hybridized carbons (Fsp3) is 0.0556. The van der Waals surface area contributed by atoms with E-state index in [2.05, 4.69) is 4.72 Å². The average molecular weight is 419 g/mol. The van der Waals surface area contributed by atoms with E-state index < -0.39 is 17.2 Å². The van der Waals surface area contributed by atoms with Crippen LogP contribution in [0.25, 0.3) is 5.69 Å². The van der Waals surface area contributed by atoms with Crippen molar-refractivity contribution in [3.05, 3.63) is 60.2 Å². The lowest BCUT2D eigenvalue weighted by Gasteiger charge is -2.20. The Morgan fingerprint density at radius 1 is 1.14 bits per heavy atom. The average Bonchev–Trinajstić information content (AvgIpc) is 3.01. The Labute approximate surface area is 167 Å². The van der Waals surface area contributed by atoms with Crippen molar-refractivity contribution < 1.29 is 28.5 Å². The van der Waals surface area contributed by atoms with Crippen molar-refractivity contribution in [2.75, 3.05) is 11.8 Å². The van der Waals surface area contributed by atoms with Gasteiger partial charge in [0.2, 0.25) is 0 Å². The van der Waals surface area contributed by atoms with Crippen molar-refractivity contribution in [1.82, 2.24) is 4.57 Å². The predicted octanol–water partition coefficient (Wildman–Crippen LogP) is 3.03. The summed E-state index contributed by atoms with van der Waals surface area (Å²) in [6, 6.07) is 14.4. The SMILES string of the molecule is COC(=O)c1cc(NS(=O)[O-])c(Sc2ccccc2)c(-n2c(O)ccc2O)c1. The van der Waals surface area contributed by atoms with Crippen LogP contribution in [0, 0.1) is 0 Å². The maximum atomic E-state index is 12.1. The lowest BCUT2D eigenvalue weighted by molar-refractivity contribution is 0.0600. The largest absolute Gasteiger partial charge is 0.755 e. The molecule has 0 aliphatic carbocycles. The molecule has 0 saturated carbocycles.